The third-order valence-corrected chi connectivity index (χ3v) is 4.46. The van der Waals surface area contributed by atoms with Crippen molar-refractivity contribution in [2.75, 3.05) is 6.54 Å². The fourth-order valence-electron chi connectivity index (χ4n) is 3.32. The molecule has 1 aromatic rings. The van der Waals surface area contributed by atoms with Crippen molar-refractivity contribution in [1.82, 2.24) is 15.5 Å². The lowest BCUT2D eigenvalue weighted by Crippen LogP contribution is -2.35. The summed E-state index contributed by atoms with van der Waals surface area (Å²) in [4.78, 5) is 2.40. The van der Waals surface area contributed by atoms with E-state index in [0.29, 0.717) is 0 Å². The number of benzene rings is 1. The molecule has 2 N–H and O–H groups in total. The summed E-state index contributed by atoms with van der Waals surface area (Å²) < 4.78 is 0. The van der Waals surface area contributed by atoms with E-state index in [4.69, 9.17) is 0 Å². The van der Waals surface area contributed by atoms with E-state index in [1.807, 2.05) is 0 Å². The van der Waals surface area contributed by atoms with E-state index in [-0.39, 0.29) is 6.17 Å². The molecule has 1 atom stereocenters. The molecular weight excluding hydrogens is 270 g/mol. The lowest BCUT2D eigenvalue weighted by molar-refractivity contribution is 0.312. The lowest BCUT2D eigenvalue weighted by atomic mass is 10.0. The first kappa shape index (κ1) is 13.3. The zero-order chi connectivity index (χ0) is 14.9. The molecule has 3 nitrogen and oxygen atoms in total. The van der Waals surface area contributed by atoms with Crippen LogP contribution in [0.3, 0.4) is 0 Å². The molecular formula is C19H21N3. The van der Waals surface area contributed by atoms with Crippen LogP contribution in [0, 0.1) is 0 Å². The predicted molar refractivity (Wildman–Crippen MR) is 89.4 cm³/mol. The van der Waals surface area contributed by atoms with Crippen LogP contribution >= 0.6 is 0 Å². The molecule has 3 heteroatoms. The van der Waals surface area contributed by atoms with Gasteiger partial charge in [-0.25, -0.2) is 0 Å². The van der Waals surface area contributed by atoms with Crippen molar-refractivity contribution in [3.8, 4) is 0 Å². The molecule has 1 aromatic carbocycles. The van der Waals surface area contributed by atoms with E-state index in [0.717, 1.165) is 19.4 Å². The molecule has 0 aromatic heterocycles. The Balaban J connectivity index is 1.77. The Morgan fingerprint density at radius 2 is 2.00 bits per heavy atom. The second-order valence-corrected chi connectivity index (χ2v) is 6.04. The van der Waals surface area contributed by atoms with Gasteiger partial charge in [-0.05, 0) is 37.5 Å². The maximum atomic E-state index is 3.73. The van der Waals surface area contributed by atoms with Gasteiger partial charge in [0.15, 0.2) is 0 Å². The van der Waals surface area contributed by atoms with Gasteiger partial charge in [-0.1, -0.05) is 48.1 Å². The molecule has 0 bridgehead atoms. The van der Waals surface area contributed by atoms with Crippen molar-refractivity contribution >= 4 is 0 Å². The largest absolute Gasteiger partial charge is 0.368 e. The van der Waals surface area contributed by atoms with E-state index in [2.05, 4.69) is 77.1 Å². The molecule has 0 fully saturated rings. The summed E-state index contributed by atoms with van der Waals surface area (Å²) in [6.45, 7) is 3.11. The summed E-state index contributed by atoms with van der Waals surface area (Å²) in [5.74, 6) is 1.17. The van der Waals surface area contributed by atoms with E-state index in [1.54, 1.807) is 0 Å². The smallest absolute Gasteiger partial charge is 0.131 e. The quantitative estimate of drug-likeness (QED) is 0.872. The Morgan fingerprint density at radius 1 is 1.14 bits per heavy atom. The van der Waals surface area contributed by atoms with E-state index in [9.17, 15) is 0 Å². The highest BCUT2D eigenvalue weighted by Crippen LogP contribution is 2.39. The number of hydrogen-bond donors (Lipinski definition) is 2. The van der Waals surface area contributed by atoms with Crippen LogP contribution in [0.1, 0.15) is 31.5 Å². The number of nitrogens with zero attached hydrogens (tertiary/aromatic N) is 1. The topological polar surface area (TPSA) is 27.3 Å². The first-order valence-electron chi connectivity index (χ1n) is 7.95. The van der Waals surface area contributed by atoms with Gasteiger partial charge in [0.2, 0.25) is 0 Å². The lowest BCUT2D eigenvalue weighted by Gasteiger charge is -2.32. The molecule has 1 unspecified atom stereocenters. The van der Waals surface area contributed by atoms with Gasteiger partial charge in [0, 0.05) is 12.2 Å². The molecule has 2 heterocycles. The normalized spacial score (nSPS) is 23.5. The van der Waals surface area contributed by atoms with Crippen LogP contribution in [0.25, 0.3) is 0 Å². The highest BCUT2D eigenvalue weighted by atomic mass is 15.4. The van der Waals surface area contributed by atoms with Crippen LogP contribution < -0.4 is 10.6 Å². The molecule has 0 saturated heterocycles. The second-order valence-electron chi connectivity index (χ2n) is 6.04. The Labute approximate surface area is 131 Å². The van der Waals surface area contributed by atoms with Crippen molar-refractivity contribution in [3.05, 3.63) is 83.0 Å². The number of nitrogens with one attached hydrogen (secondary N) is 2. The number of hydrogen-bond acceptors (Lipinski definition) is 3. The maximum absolute atomic E-state index is 3.73. The van der Waals surface area contributed by atoms with Crippen molar-refractivity contribution in [3.63, 3.8) is 0 Å². The molecule has 0 spiro atoms. The fraction of sp³-hybridized carbons (Fsp3) is 0.263. The number of dihydropyridines is 1. The minimum atomic E-state index is 0.165. The van der Waals surface area contributed by atoms with Gasteiger partial charge in [0.1, 0.15) is 12.0 Å². The number of allylic oxidation sites excluding steroid dienone is 5. The predicted octanol–water partition coefficient (Wildman–Crippen LogP) is 3.54. The van der Waals surface area contributed by atoms with Gasteiger partial charge < -0.3 is 15.5 Å². The Bertz CT molecular complexity index is 695. The standard InChI is InChI=1S/C19H21N3/c1-14-10-11-16-17(13-14)22(18-9-5-6-12-20-18)19(21-16)15-7-3-2-4-8-15/h2-9,13,19-21H,10-12H2,1H3. The van der Waals surface area contributed by atoms with Gasteiger partial charge in [0.05, 0.1) is 5.70 Å². The molecule has 2 aliphatic heterocycles. The zero-order valence-corrected chi connectivity index (χ0v) is 12.8. The third kappa shape index (κ3) is 2.23. The van der Waals surface area contributed by atoms with Crippen molar-refractivity contribution < 1.29 is 0 Å². The number of rotatable bonds is 2. The molecule has 112 valence electrons. The maximum Gasteiger partial charge on any atom is 0.131 e. The van der Waals surface area contributed by atoms with Crippen molar-refractivity contribution in [2.24, 2.45) is 0 Å². The summed E-state index contributed by atoms with van der Waals surface area (Å²) in [5.41, 5.74) is 5.41. The van der Waals surface area contributed by atoms with Crippen LogP contribution in [-0.4, -0.2) is 11.4 Å². The molecule has 22 heavy (non-hydrogen) atoms. The monoisotopic (exact) mass is 291 g/mol. The van der Waals surface area contributed by atoms with Crippen LogP contribution in [0.5, 0.6) is 0 Å². The van der Waals surface area contributed by atoms with Gasteiger partial charge in [-0.2, -0.15) is 0 Å². The molecule has 0 radical (unpaired) electrons. The van der Waals surface area contributed by atoms with Gasteiger partial charge >= 0.3 is 0 Å². The summed E-state index contributed by atoms with van der Waals surface area (Å²) in [5, 5.41) is 7.24. The minimum absolute atomic E-state index is 0.165. The zero-order valence-electron chi connectivity index (χ0n) is 12.8. The molecule has 4 rings (SSSR count). The Kier molecular flexibility index (Phi) is 3.26. The SMILES string of the molecule is CC1=CC2=C(CC1)NC(c1ccccc1)N2C1=CC=CCN1. The van der Waals surface area contributed by atoms with E-state index < -0.39 is 0 Å². The van der Waals surface area contributed by atoms with Crippen LogP contribution in [0.2, 0.25) is 0 Å². The summed E-state index contributed by atoms with van der Waals surface area (Å²) >= 11 is 0. The fourth-order valence-corrected chi connectivity index (χ4v) is 3.32. The molecule has 0 saturated carbocycles. The molecule has 0 amide bonds. The van der Waals surface area contributed by atoms with Crippen molar-refractivity contribution in [2.45, 2.75) is 25.9 Å². The van der Waals surface area contributed by atoms with Gasteiger partial charge in [0.25, 0.3) is 0 Å². The first-order valence-corrected chi connectivity index (χ1v) is 7.95. The average molecular weight is 291 g/mol. The van der Waals surface area contributed by atoms with E-state index >= 15 is 0 Å². The van der Waals surface area contributed by atoms with Crippen LogP contribution in [-0.2, 0) is 0 Å². The summed E-state index contributed by atoms with van der Waals surface area (Å²) in [7, 11) is 0. The highest BCUT2D eigenvalue weighted by molar-refractivity contribution is 5.41. The second kappa shape index (κ2) is 5.41. The van der Waals surface area contributed by atoms with Crippen LogP contribution in [0.4, 0.5) is 0 Å². The van der Waals surface area contributed by atoms with Crippen LogP contribution in [0.15, 0.2) is 77.4 Å². The summed E-state index contributed by atoms with van der Waals surface area (Å²) in [6.07, 6.45) is 11.2. The van der Waals surface area contributed by atoms with E-state index in [1.165, 1.54) is 28.4 Å². The third-order valence-electron chi connectivity index (χ3n) is 4.46. The highest BCUT2D eigenvalue weighted by Gasteiger charge is 2.34. The molecule has 3 aliphatic rings. The Hall–Kier alpha value is -2.42. The van der Waals surface area contributed by atoms with Gasteiger partial charge in [-0.3, -0.25) is 0 Å². The average Bonchev–Trinajstić information content (AvgIpc) is 2.95. The van der Waals surface area contributed by atoms with Gasteiger partial charge in [-0.15, -0.1) is 0 Å². The Morgan fingerprint density at radius 3 is 2.77 bits per heavy atom. The van der Waals surface area contributed by atoms with Crippen molar-refractivity contribution in [1.29, 1.82) is 0 Å². The minimum Gasteiger partial charge on any atom is -0.368 e. The first-order chi connectivity index (χ1) is 10.8. The molecule has 1 aliphatic carbocycles. The summed E-state index contributed by atoms with van der Waals surface area (Å²) in [6, 6.07) is 10.7.